The second-order valence-electron chi connectivity index (χ2n) is 6.40. The third-order valence-corrected chi connectivity index (χ3v) is 5.98. The van der Waals surface area contributed by atoms with E-state index < -0.39 is 11.9 Å². The lowest BCUT2D eigenvalue weighted by molar-refractivity contribution is 0.215. The summed E-state index contributed by atoms with van der Waals surface area (Å²) in [5.41, 5.74) is 1.22. The minimum absolute atomic E-state index is 0.00659. The Morgan fingerprint density at radius 1 is 1.06 bits per heavy atom. The highest BCUT2D eigenvalue weighted by molar-refractivity contribution is 7.22. The van der Waals surface area contributed by atoms with Gasteiger partial charge in [0.25, 0.3) is 0 Å². The summed E-state index contributed by atoms with van der Waals surface area (Å²) in [5.74, 6) is 0.534. The van der Waals surface area contributed by atoms with Gasteiger partial charge < -0.3 is 9.47 Å². The number of hydrogen-bond donors (Lipinski definition) is 1. The molecule has 0 aliphatic rings. The molecule has 158 valence electrons. The van der Waals surface area contributed by atoms with Crippen LogP contribution in [-0.2, 0) is 6.42 Å². The summed E-state index contributed by atoms with van der Waals surface area (Å²) >= 11 is 13.4. The van der Waals surface area contributed by atoms with Crippen molar-refractivity contribution in [1.29, 1.82) is 0 Å². The highest BCUT2D eigenvalue weighted by Crippen LogP contribution is 2.31. The van der Waals surface area contributed by atoms with Crippen LogP contribution in [0.15, 0.2) is 60.7 Å². The van der Waals surface area contributed by atoms with E-state index in [0.29, 0.717) is 39.2 Å². The Balaban J connectivity index is 1.38. The number of fused-ring (bicyclic) bond motifs is 1. The Bertz CT molecular complexity index is 1230. The smallest absolute Gasteiger partial charge is 0.418 e. The standard InChI is InChI=1S/C22H15Cl2FN2O3S/c23-16-7-8-17(25)20(24)15(16)10-11-29-14-6-9-18-19(12-14)31-21(26-18)27-22(28)30-13-4-2-1-3-5-13/h1-9,12H,10-11H2,(H,26,27,28). The van der Waals surface area contributed by atoms with Gasteiger partial charge in [0.2, 0.25) is 0 Å². The van der Waals surface area contributed by atoms with Gasteiger partial charge in [0.1, 0.15) is 17.3 Å². The molecule has 9 heteroatoms. The van der Waals surface area contributed by atoms with Gasteiger partial charge in [-0.25, -0.2) is 14.2 Å². The first-order valence-corrected chi connectivity index (χ1v) is 10.8. The van der Waals surface area contributed by atoms with Crippen molar-refractivity contribution in [3.63, 3.8) is 0 Å². The van der Waals surface area contributed by atoms with Crippen LogP contribution in [0.25, 0.3) is 10.2 Å². The van der Waals surface area contributed by atoms with E-state index in [2.05, 4.69) is 10.3 Å². The van der Waals surface area contributed by atoms with E-state index in [4.69, 9.17) is 32.7 Å². The van der Waals surface area contributed by atoms with Crippen molar-refractivity contribution in [2.45, 2.75) is 6.42 Å². The van der Waals surface area contributed by atoms with Crippen molar-refractivity contribution in [3.8, 4) is 11.5 Å². The number of rotatable bonds is 6. The lowest BCUT2D eigenvalue weighted by Crippen LogP contribution is -2.16. The molecule has 5 nitrogen and oxygen atoms in total. The van der Waals surface area contributed by atoms with Crippen LogP contribution in [0.1, 0.15) is 5.56 Å². The van der Waals surface area contributed by atoms with E-state index in [1.54, 1.807) is 36.4 Å². The summed E-state index contributed by atoms with van der Waals surface area (Å²) < 4.78 is 25.4. The maximum atomic E-state index is 13.6. The number of aromatic nitrogens is 1. The Morgan fingerprint density at radius 3 is 2.68 bits per heavy atom. The Hall–Kier alpha value is -2.87. The average molecular weight is 477 g/mol. The van der Waals surface area contributed by atoms with Crippen molar-refractivity contribution < 1.29 is 18.7 Å². The zero-order valence-electron chi connectivity index (χ0n) is 15.9. The number of para-hydroxylation sites is 1. The molecule has 31 heavy (non-hydrogen) atoms. The van der Waals surface area contributed by atoms with Crippen LogP contribution < -0.4 is 14.8 Å². The minimum atomic E-state index is -0.620. The molecular formula is C22H15Cl2FN2O3S. The van der Waals surface area contributed by atoms with Crippen molar-refractivity contribution in [2.24, 2.45) is 0 Å². The number of thiazole rings is 1. The minimum Gasteiger partial charge on any atom is -0.493 e. The third-order valence-electron chi connectivity index (χ3n) is 4.28. The van der Waals surface area contributed by atoms with Gasteiger partial charge in [-0.15, -0.1) is 0 Å². The van der Waals surface area contributed by atoms with Gasteiger partial charge in [-0.05, 0) is 48.0 Å². The zero-order chi connectivity index (χ0) is 21.8. The summed E-state index contributed by atoms with van der Waals surface area (Å²) in [6, 6.07) is 16.8. The maximum Gasteiger partial charge on any atom is 0.418 e. The predicted octanol–water partition coefficient (Wildman–Crippen LogP) is 6.97. The van der Waals surface area contributed by atoms with Gasteiger partial charge in [-0.2, -0.15) is 0 Å². The third kappa shape index (κ3) is 5.25. The molecule has 4 rings (SSSR count). The second-order valence-corrected chi connectivity index (χ2v) is 8.21. The quantitative estimate of drug-likeness (QED) is 0.305. The number of carbonyl (C=O) groups is 1. The normalized spacial score (nSPS) is 10.8. The number of nitrogens with one attached hydrogen (secondary N) is 1. The molecule has 3 aromatic carbocycles. The number of amides is 1. The number of benzene rings is 3. The topological polar surface area (TPSA) is 60.5 Å². The first-order valence-electron chi connectivity index (χ1n) is 9.19. The molecule has 0 aliphatic carbocycles. The number of anilines is 1. The molecule has 1 amide bonds. The average Bonchev–Trinajstić information content (AvgIpc) is 3.15. The summed E-state index contributed by atoms with van der Waals surface area (Å²) in [5, 5.41) is 3.43. The number of halogens is 3. The number of nitrogens with zero attached hydrogens (tertiary/aromatic N) is 1. The number of ether oxygens (including phenoxy) is 2. The molecule has 0 fully saturated rings. The molecule has 0 unspecified atom stereocenters. The Morgan fingerprint density at radius 2 is 1.87 bits per heavy atom. The van der Waals surface area contributed by atoms with E-state index in [0.717, 1.165) is 4.70 Å². The molecule has 0 spiro atoms. The molecule has 0 bridgehead atoms. The Kier molecular flexibility index (Phi) is 6.56. The molecule has 1 aromatic heterocycles. The maximum absolute atomic E-state index is 13.6. The first-order chi connectivity index (χ1) is 15.0. The van der Waals surface area contributed by atoms with Gasteiger partial charge in [-0.1, -0.05) is 52.7 Å². The lowest BCUT2D eigenvalue weighted by Gasteiger charge is -2.09. The van der Waals surface area contributed by atoms with E-state index in [1.165, 1.54) is 23.5 Å². The fourth-order valence-corrected chi connectivity index (χ4v) is 4.27. The van der Waals surface area contributed by atoms with Crippen LogP contribution in [0.3, 0.4) is 0 Å². The molecule has 0 radical (unpaired) electrons. The van der Waals surface area contributed by atoms with E-state index in [9.17, 15) is 9.18 Å². The van der Waals surface area contributed by atoms with Crippen molar-refractivity contribution >= 4 is 56.0 Å². The molecule has 0 saturated heterocycles. The summed E-state index contributed by atoms with van der Waals surface area (Å²) in [6.07, 6.45) is -0.264. The lowest BCUT2D eigenvalue weighted by atomic mass is 10.1. The van der Waals surface area contributed by atoms with E-state index in [1.807, 2.05) is 12.1 Å². The van der Waals surface area contributed by atoms with Crippen LogP contribution in [0.4, 0.5) is 14.3 Å². The number of hydrogen-bond acceptors (Lipinski definition) is 5. The molecule has 1 heterocycles. The van der Waals surface area contributed by atoms with Crippen LogP contribution in [0, 0.1) is 5.82 Å². The molecule has 4 aromatic rings. The van der Waals surface area contributed by atoms with Gasteiger partial charge >= 0.3 is 6.09 Å². The van der Waals surface area contributed by atoms with Gasteiger partial charge in [0.05, 0.1) is 21.8 Å². The largest absolute Gasteiger partial charge is 0.493 e. The van der Waals surface area contributed by atoms with E-state index in [-0.39, 0.29) is 11.6 Å². The van der Waals surface area contributed by atoms with Crippen LogP contribution in [-0.4, -0.2) is 17.7 Å². The Labute approximate surface area is 191 Å². The fraction of sp³-hybridized carbons (Fsp3) is 0.0909. The number of carbonyl (C=O) groups excluding carboxylic acids is 1. The molecule has 0 aliphatic heterocycles. The van der Waals surface area contributed by atoms with Gasteiger partial charge in [0, 0.05) is 11.4 Å². The molecule has 0 saturated carbocycles. The van der Waals surface area contributed by atoms with Crippen molar-refractivity contribution in [3.05, 3.63) is 82.1 Å². The second kappa shape index (κ2) is 9.51. The fourth-order valence-electron chi connectivity index (χ4n) is 2.83. The van der Waals surface area contributed by atoms with E-state index >= 15 is 0 Å². The van der Waals surface area contributed by atoms with Crippen molar-refractivity contribution in [2.75, 3.05) is 11.9 Å². The van der Waals surface area contributed by atoms with Crippen LogP contribution >= 0.6 is 34.5 Å². The molecule has 1 N–H and O–H groups in total. The highest BCUT2D eigenvalue weighted by Gasteiger charge is 2.12. The van der Waals surface area contributed by atoms with Crippen molar-refractivity contribution in [1.82, 2.24) is 4.98 Å². The van der Waals surface area contributed by atoms with Crippen LogP contribution in [0.2, 0.25) is 10.0 Å². The molecule has 0 atom stereocenters. The highest BCUT2D eigenvalue weighted by atomic mass is 35.5. The van der Waals surface area contributed by atoms with Gasteiger partial charge in [-0.3, -0.25) is 5.32 Å². The summed E-state index contributed by atoms with van der Waals surface area (Å²) in [7, 11) is 0. The predicted molar refractivity (Wildman–Crippen MR) is 121 cm³/mol. The first kappa shape index (κ1) is 21.4. The monoisotopic (exact) mass is 476 g/mol. The zero-order valence-corrected chi connectivity index (χ0v) is 18.2. The summed E-state index contributed by atoms with van der Waals surface area (Å²) in [6.45, 7) is 0.266. The van der Waals surface area contributed by atoms with Gasteiger partial charge in [0.15, 0.2) is 5.13 Å². The molecular weight excluding hydrogens is 462 g/mol. The summed E-state index contributed by atoms with van der Waals surface area (Å²) in [4.78, 5) is 16.4. The van der Waals surface area contributed by atoms with Crippen LogP contribution in [0.5, 0.6) is 11.5 Å². The SMILES string of the molecule is O=C(Nc1nc2ccc(OCCc3c(Cl)ccc(F)c3Cl)cc2s1)Oc1ccccc1.